The lowest BCUT2D eigenvalue weighted by Gasteiger charge is -2.32. The highest BCUT2D eigenvalue weighted by Crippen LogP contribution is 2.17. The van der Waals surface area contributed by atoms with Crippen molar-refractivity contribution in [2.24, 2.45) is 0 Å². The number of hydrogen-bond acceptors (Lipinski definition) is 4. The maximum atomic E-state index is 9.83. The van der Waals surface area contributed by atoms with E-state index in [1.807, 2.05) is 0 Å². The van der Waals surface area contributed by atoms with E-state index >= 15 is 0 Å². The van der Waals surface area contributed by atoms with Gasteiger partial charge in [0, 0.05) is 32.2 Å². The number of β-amino-alcohol motifs (C(OH)–C–C–N with tert-alkyl or cyclic N) is 1. The number of morpholine rings is 1. The molecule has 0 spiro atoms. The van der Waals surface area contributed by atoms with Crippen LogP contribution in [0.2, 0.25) is 0 Å². The molecule has 0 aromatic rings. The van der Waals surface area contributed by atoms with Gasteiger partial charge in [0.15, 0.2) is 0 Å². The van der Waals surface area contributed by atoms with Gasteiger partial charge in [0.05, 0.1) is 19.3 Å². The molecule has 0 amide bonds. The summed E-state index contributed by atoms with van der Waals surface area (Å²) in [6.07, 6.45) is 3.11. The van der Waals surface area contributed by atoms with E-state index in [0.29, 0.717) is 6.04 Å². The van der Waals surface area contributed by atoms with Gasteiger partial charge in [-0.3, -0.25) is 9.80 Å². The molecule has 2 unspecified atom stereocenters. The zero-order valence-electron chi connectivity index (χ0n) is 11.0. The molecule has 100 valence electrons. The van der Waals surface area contributed by atoms with Gasteiger partial charge in [0.25, 0.3) is 0 Å². The van der Waals surface area contributed by atoms with Gasteiger partial charge in [-0.05, 0) is 19.4 Å². The fourth-order valence-electron chi connectivity index (χ4n) is 2.94. The summed E-state index contributed by atoms with van der Waals surface area (Å²) in [7, 11) is 0. The third-order valence-electron chi connectivity index (χ3n) is 3.90. The highest BCUT2D eigenvalue weighted by atomic mass is 16.5. The van der Waals surface area contributed by atoms with Crippen LogP contribution in [0, 0.1) is 0 Å². The molecule has 2 aliphatic heterocycles. The van der Waals surface area contributed by atoms with Crippen molar-refractivity contribution in [1.29, 1.82) is 0 Å². The van der Waals surface area contributed by atoms with Crippen LogP contribution in [0.4, 0.5) is 0 Å². The van der Waals surface area contributed by atoms with Gasteiger partial charge in [0.2, 0.25) is 0 Å². The van der Waals surface area contributed by atoms with Crippen LogP contribution in [0.25, 0.3) is 0 Å². The third kappa shape index (κ3) is 3.91. The number of rotatable bonds is 5. The van der Waals surface area contributed by atoms with Crippen molar-refractivity contribution in [3.63, 3.8) is 0 Å². The van der Waals surface area contributed by atoms with E-state index in [2.05, 4.69) is 16.7 Å². The van der Waals surface area contributed by atoms with Gasteiger partial charge >= 0.3 is 0 Å². The molecule has 0 bridgehead atoms. The Labute approximate surface area is 105 Å². The molecule has 17 heavy (non-hydrogen) atoms. The molecular weight excluding hydrogens is 216 g/mol. The fourth-order valence-corrected chi connectivity index (χ4v) is 2.94. The first kappa shape index (κ1) is 13.3. The van der Waals surface area contributed by atoms with Crippen molar-refractivity contribution in [2.75, 3.05) is 45.9 Å². The van der Waals surface area contributed by atoms with E-state index in [1.54, 1.807) is 0 Å². The molecule has 4 nitrogen and oxygen atoms in total. The number of aliphatic hydroxyl groups is 1. The predicted octanol–water partition coefficient (Wildman–Crippen LogP) is 0.554. The second-order valence-electron chi connectivity index (χ2n) is 5.29. The maximum Gasteiger partial charge on any atom is 0.0667 e. The predicted molar refractivity (Wildman–Crippen MR) is 68.2 cm³/mol. The molecule has 2 fully saturated rings. The van der Waals surface area contributed by atoms with Gasteiger partial charge in [0.1, 0.15) is 0 Å². The minimum absolute atomic E-state index is 0.136. The number of hydrogen-bond donors (Lipinski definition) is 1. The van der Waals surface area contributed by atoms with Crippen LogP contribution in [-0.2, 0) is 4.74 Å². The fraction of sp³-hybridized carbons (Fsp3) is 1.00. The Balaban J connectivity index is 1.71. The Morgan fingerprint density at radius 2 is 2.06 bits per heavy atom. The number of likely N-dealkylation sites (tertiary alicyclic amines) is 1. The summed E-state index contributed by atoms with van der Waals surface area (Å²) >= 11 is 0. The van der Waals surface area contributed by atoms with E-state index < -0.39 is 0 Å². The van der Waals surface area contributed by atoms with Crippen LogP contribution < -0.4 is 0 Å². The van der Waals surface area contributed by atoms with Gasteiger partial charge in [-0.15, -0.1) is 0 Å². The van der Waals surface area contributed by atoms with Crippen LogP contribution >= 0.6 is 0 Å². The average Bonchev–Trinajstić information content (AvgIpc) is 2.79. The van der Waals surface area contributed by atoms with Crippen molar-refractivity contribution in [2.45, 2.75) is 38.3 Å². The highest BCUT2D eigenvalue weighted by molar-refractivity contribution is 4.85. The SMILES string of the molecule is CCCC(O)CN1CCC(N2CCOCC2)C1. The molecule has 1 N–H and O–H groups in total. The van der Waals surface area contributed by atoms with Crippen LogP contribution in [0.5, 0.6) is 0 Å². The molecule has 2 saturated heterocycles. The maximum absolute atomic E-state index is 9.83. The first-order valence-corrected chi connectivity index (χ1v) is 7.01. The number of ether oxygens (including phenoxy) is 1. The molecule has 4 heteroatoms. The van der Waals surface area contributed by atoms with Gasteiger partial charge in [-0.2, -0.15) is 0 Å². The summed E-state index contributed by atoms with van der Waals surface area (Å²) in [5.74, 6) is 0. The van der Waals surface area contributed by atoms with E-state index in [-0.39, 0.29) is 6.10 Å². The molecule has 0 aromatic heterocycles. The lowest BCUT2D eigenvalue weighted by Crippen LogP contribution is -2.45. The van der Waals surface area contributed by atoms with Crippen molar-refractivity contribution in [1.82, 2.24) is 9.80 Å². The highest BCUT2D eigenvalue weighted by Gasteiger charge is 2.29. The first-order chi connectivity index (χ1) is 8.29. The molecule has 0 radical (unpaired) electrons. The Bertz CT molecular complexity index is 219. The molecule has 2 atom stereocenters. The standard InChI is InChI=1S/C13H26N2O2/c1-2-3-13(16)11-14-5-4-12(10-14)15-6-8-17-9-7-15/h12-13,16H,2-11H2,1H3. The zero-order valence-corrected chi connectivity index (χ0v) is 11.0. The summed E-state index contributed by atoms with van der Waals surface area (Å²) in [6.45, 7) is 9.18. The second kappa shape index (κ2) is 6.69. The molecule has 0 aromatic carbocycles. The van der Waals surface area contributed by atoms with Gasteiger partial charge < -0.3 is 9.84 Å². The van der Waals surface area contributed by atoms with Gasteiger partial charge in [-0.25, -0.2) is 0 Å². The summed E-state index contributed by atoms with van der Waals surface area (Å²) in [5.41, 5.74) is 0. The zero-order chi connectivity index (χ0) is 12.1. The monoisotopic (exact) mass is 242 g/mol. The van der Waals surface area contributed by atoms with E-state index in [9.17, 15) is 5.11 Å². The summed E-state index contributed by atoms with van der Waals surface area (Å²) in [4.78, 5) is 4.97. The third-order valence-corrected chi connectivity index (χ3v) is 3.90. The molecule has 2 heterocycles. The topological polar surface area (TPSA) is 35.9 Å². The summed E-state index contributed by atoms with van der Waals surface area (Å²) in [5, 5.41) is 9.83. The normalized spacial score (nSPS) is 29.6. The Morgan fingerprint density at radius 3 is 2.76 bits per heavy atom. The first-order valence-electron chi connectivity index (χ1n) is 7.01. The van der Waals surface area contributed by atoms with Crippen molar-refractivity contribution in [3.8, 4) is 0 Å². The largest absolute Gasteiger partial charge is 0.392 e. The van der Waals surface area contributed by atoms with Crippen molar-refractivity contribution >= 4 is 0 Å². The Morgan fingerprint density at radius 1 is 1.29 bits per heavy atom. The van der Waals surface area contributed by atoms with Crippen molar-refractivity contribution in [3.05, 3.63) is 0 Å². The lowest BCUT2D eigenvalue weighted by atomic mass is 10.2. The average molecular weight is 242 g/mol. The van der Waals surface area contributed by atoms with E-state index in [4.69, 9.17) is 4.74 Å². The molecule has 0 saturated carbocycles. The quantitative estimate of drug-likeness (QED) is 0.764. The van der Waals surface area contributed by atoms with Crippen molar-refractivity contribution < 1.29 is 9.84 Å². The lowest BCUT2D eigenvalue weighted by molar-refractivity contribution is 0.0173. The molecular formula is C13H26N2O2. The van der Waals surface area contributed by atoms with Crippen LogP contribution in [0.15, 0.2) is 0 Å². The minimum Gasteiger partial charge on any atom is -0.392 e. The number of aliphatic hydroxyl groups excluding tert-OH is 1. The summed E-state index contributed by atoms with van der Waals surface area (Å²) in [6, 6.07) is 0.688. The number of nitrogens with zero attached hydrogens (tertiary/aromatic N) is 2. The molecule has 2 rings (SSSR count). The Hall–Kier alpha value is -0.160. The Kier molecular flexibility index (Phi) is 5.22. The van der Waals surface area contributed by atoms with Crippen LogP contribution in [0.3, 0.4) is 0 Å². The van der Waals surface area contributed by atoms with E-state index in [0.717, 1.165) is 58.8 Å². The molecule has 0 aliphatic carbocycles. The summed E-state index contributed by atoms with van der Waals surface area (Å²) < 4.78 is 5.39. The van der Waals surface area contributed by atoms with Crippen LogP contribution in [0.1, 0.15) is 26.2 Å². The second-order valence-corrected chi connectivity index (χ2v) is 5.29. The molecule has 2 aliphatic rings. The van der Waals surface area contributed by atoms with Gasteiger partial charge in [-0.1, -0.05) is 13.3 Å². The van der Waals surface area contributed by atoms with E-state index in [1.165, 1.54) is 6.42 Å². The minimum atomic E-state index is -0.136. The van der Waals surface area contributed by atoms with Crippen LogP contribution in [-0.4, -0.2) is 73.0 Å². The smallest absolute Gasteiger partial charge is 0.0667 e.